The molecule has 10 heavy (non-hydrogen) atoms. The number of aliphatic imine (C=N–C) groups is 1. The number of hydrogen-bond acceptors (Lipinski definition) is 4. The lowest BCUT2D eigenvalue weighted by Gasteiger charge is -2.07. The Balaban J connectivity index is 2.54. The second-order valence-electron chi connectivity index (χ2n) is 1.87. The summed E-state index contributed by atoms with van der Waals surface area (Å²) in [6.45, 7) is 0.365. The SMILES string of the molecule is C1=NCOc2ncncc21. The van der Waals surface area contributed by atoms with Gasteiger partial charge in [-0.1, -0.05) is 0 Å². The normalized spacial score (nSPS) is 14.0. The Labute approximate surface area is 57.6 Å². The highest BCUT2D eigenvalue weighted by molar-refractivity contribution is 5.82. The maximum absolute atomic E-state index is 5.07. The monoisotopic (exact) mass is 135 g/mol. The number of fused-ring (bicyclic) bond motifs is 1. The highest BCUT2D eigenvalue weighted by atomic mass is 16.5. The zero-order valence-electron chi connectivity index (χ0n) is 5.19. The molecule has 0 spiro atoms. The molecule has 0 amide bonds. The molecule has 50 valence electrons. The van der Waals surface area contributed by atoms with Crippen LogP contribution in [-0.2, 0) is 0 Å². The van der Waals surface area contributed by atoms with Crippen LogP contribution in [0.2, 0.25) is 0 Å². The Kier molecular flexibility index (Phi) is 1.10. The molecule has 0 atom stereocenters. The first-order valence-corrected chi connectivity index (χ1v) is 2.89. The number of nitrogens with zero attached hydrogens (tertiary/aromatic N) is 3. The molecular weight excluding hydrogens is 130 g/mol. The lowest BCUT2D eigenvalue weighted by atomic mass is 10.3. The predicted octanol–water partition coefficient (Wildman–Crippen LogP) is 0.245. The van der Waals surface area contributed by atoms with Crippen molar-refractivity contribution in [1.82, 2.24) is 9.97 Å². The van der Waals surface area contributed by atoms with Crippen LogP contribution < -0.4 is 4.74 Å². The van der Waals surface area contributed by atoms with E-state index in [4.69, 9.17) is 4.74 Å². The maximum Gasteiger partial charge on any atom is 0.227 e. The van der Waals surface area contributed by atoms with E-state index in [-0.39, 0.29) is 0 Å². The van der Waals surface area contributed by atoms with Gasteiger partial charge in [-0.15, -0.1) is 0 Å². The minimum atomic E-state index is 0.365. The van der Waals surface area contributed by atoms with Crippen LogP contribution in [0.15, 0.2) is 17.5 Å². The minimum absolute atomic E-state index is 0.365. The standard InChI is InChI=1S/C6H5N3O/c1-5-2-8-4-10-6(5)9-3-7-1/h1-3H,4H2. The van der Waals surface area contributed by atoms with Crippen molar-refractivity contribution in [2.75, 3.05) is 6.73 Å². The van der Waals surface area contributed by atoms with E-state index in [1.165, 1.54) is 6.33 Å². The van der Waals surface area contributed by atoms with Crippen LogP contribution in [0.5, 0.6) is 5.88 Å². The van der Waals surface area contributed by atoms with Gasteiger partial charge in [-0.05, 0) is 0 Å². The molecule has 4 nitrogen and oxygen atoms in total. The van der Waals surface area contributed by atoms with Crippen molar-refractivity contribution in [3.05, 3.63) is 18.1 Å². The lowest BCUT2D eigenvalue weighted by molar-refractivity contribution is 0.312. The molecule has 0 saturated carbocycles. The van der Waals surface area contributed by atoms with E-state index in [2.05, 4.69) is 15.0 Å². The summed E-state index contributed by atoms with van der Waals surface area (Å²) in [5.74, 6) is 0.616. The minimum Gasteiger partial charge on any atom is -0.454 e. The highest BCUT2D eigenvalue weighted by Gasteiger charge is 2.04. The van der Waals surface area contributed by atoms with Crippen LogP contribution in [0.4, 0.5) is 0 Å². The molecule has 0 fully saturated rings. The van der Waals surface area contributed by atoms with Gasteiger partial charge in [0.2, 0.25) is 5.88 Å². The van der Waals surface area contributed by atoms with Gasteiger partial charge in [-0.2, -0.15) is 0 Å². The van der Waals surface area contributed by atoms with Gasteiger partial charge < -0.3 is 4.74 Å². The van der Waals surface area contributed by atoms with E-state index in [0.717, 1.165) is 5.56 Å². The Morgan fingerprint density at radius 2 is 2.50 bits per heavy atom. The van der Waals surface area contributed by atoms with E-state index >= 15 is 0 Å². The fourth-order valence-corrected chi connectivity index (χ4v) is 0.772. The molecule has 0 N–H and O–H groups in total. The molecule has 0 saturated heterocycles. The van der Waals surface area contributed by atoms with Crippen molar-refractivity contribution < 1.29 is 4.74 Å². The molecular formula is C6H5N3O. The van der Waals surface area contributed by atoms with Gasteiger partial charge in [0, 0.05) is 12.4 Å². The molecule has 1 aliphatic rings. The van der Waals surface area contributed by atoms with Gasteiger partial charge >= 0.3 is 0 Å². The van der Waals surface area contributed by atoms with Gasteiger partial charge in [-0.3, -0.25) is 4.99 Å². The first-order chi connectivity index (χ1) is 4.97. The lowest BCUT2D eigenvalue weighted by Crippen LogP contribution is -2.05. The molecule has 0 radical (unpaired) electrons. The zero-order chi connectivity index (χ0) is 6.81. The Hall–Kier alpha value is -1.45. The summed E-state index contributed by atoms with van der Waals surface area (Å²) in [6, 6.07) is 0. The Morgan fingerprint density at radius 1 is 1.50 bits per heavy atom. The summed E-state index contributed by atoms with van der Waals surface area (Å²) in [5.41, 5.74) is 0.841. The number of hydrogen-bond donors (Lipinski definition) is 0. The number of rotatable bonds is 0. The third-order valence-electron chi connectivity index (χ3n) is 1.21. The van der Waals surface area contributed by atoms with Crippen LogP contribution >= 0.6 is 0 Å². The summed E-state index contributed by atoms with van der Waals surface area (Å²) in [6.07, 6.45) is 4.84. The molecule has 1 aromatic rings. The Morgan fingerprint density at radius 3 is 3.40 bits per heavy atom. The second kappa shape index (κ2) is 2.06. The second-order valence-corrected chi connectivity index (χ2v) is 1.87. The van der Waals surface area contributed by atoms with Crippen molar-refractivity contribution in [2.24, 2.45) is 4.99 Å². The van der Waals surface area contributed by atoms with Crippen molar-refractivity contribution in [3.8, 4) is 5.88 Å². The molecule has 1 aliphatic heterocycles. The highest BCUT2D eigenvalue weighted by Crippen LogP contribution is 2.12. The fourth-order valence-electron chi connectivity index (χ4n) is 0.772. The van der Waals surface area contributed by atoms with Crippen molar-refractivity contribution in [3.63, 3.8) is 0 Å². The van der Waals surface area contributed by atoms with Crippen LogP contribution in [0.25, 0.3) is 0 Å². The Bertz CT molecular complexity index is 271. The zero-order valence-corrected chi connectivity index (χ0v) is 5.19. The molecule has 0 aromatic carbocycles. The molecule has 0 aliphatic carbocycles. The van der Waals surface area contributed by atoms with Gasteiger partial charge in [0.1, 0.15) is 6.33 Å². The topological polar surface area (TPSA) is 47.4 Å². The van der Waals surface area contributed by atoms with Gasteiger partial charge in [0.15, 0.2) is 6.73 Å². The number of aromatic nitrogens is 2. The molecule has 2 heterocycles. The average molecular weight is 135 g/mol. The predicted molar refractivity (Wildman–Crippen MR) is 35.1 cm³/mol. The van der Waals surface area contributed by atoms with E-state index in [1.807, 2.05) is 0 Å². The molecule has 0 unspecified atom stereocenters. The molecule has 2 rings (SSSR count). The maximum atomic E-state index is 5.07. The molecule has 1 aromatic heterocycles. The van der Waals surface area contributed by atoms with E-state index in [1.54, 1.807) is 12.4 Å². The van der Waals surface area contributed by atoms with Crippen LogP contribution in [0.1, 0.15) is 5.56 Å². The first kappa shape index (κ1) is 5.34. The largest absolute Gasteiger partial charge is 0.454 e. The quantitative estimate of drug-likeness (QED) is 0.512. The summed E-state index contributed by atoms with van der Waals surface area (Å²) >= 11 is 0. The van der Waals surface area contributed by atoms with Gasteiger partial charge in [0.25, 0.3) is 0 Å². The molecule has 4 heteroatoms. The van der Waals surface area contributed by atoms with Crippen LogP contribution in [0, 0.1) is 0 Å². The fraction of sp³-hybridized carbons (Fsp3) is 0.167. The van der Waals surface area contributed by atoms with Crippen LogP contribution in [-0.4, -0.2) is 22.9 Å². The van der Waals surface area contributed by atoms with E-state index in [0.29, 0.717) is 12.6 Å². The third kappa shape index (κ3) is 0.737. The average Bonchev–Trinajstić information content (AvgIpc) is 2.05. The van der Waals surface area contributed by atoms with Crippen molar-refractivity contribution in [1.29, 1.82) is 0 Å². The van der Waals surface area contributed by atoms with Crippen molar-refractivity contribution in [2.45, 2.75) is 0 Å². The van der Waals surface area contributed by atoms with Crippen molar-refractivity contribution >= 4 is 6.21 Å². The molecule has 0 bridgehead atoms. The smallest absolute Gasteiger partial charge is 0.227 e. The van der Waals surface area contributed by atoms with Gasteiger partial charge in [-0.25, -0.2) is 9.97 Å². The first-order valence-electron chi connectivity index (χ1n) is 2.89. The summed E-state index contributed by atoms with van der Waals surface area (Å²) in [5, 5.41) is 0. The van der Waals surface area contributed by atoms with Gasteiger partial charge in [0.05, 0.1) is 5.56 Å². The third-order valence-corrected chi connectivity index (χ3v) is 1.21. The van der Waals surface area contributed by atoms with Crippen LogP contribution in [0.3, 0.4) is 0 Å². The number of ether oxygens (including phenoxy) is 1. The summed E-state index contributed by atoms with van der Waals surface area (Å²) in [4.78, 5) is 11.6. The summed E-state index contributed by atoms with van der Waals surface area (Å²) < 4.78 is 5.07. The van der Waals surface area contributed by atoms with E-state index < -0.39 is 0 Å². The summed E-state index contributed by atoms with van der Waals surface area (Å²) in [7, 11) is 0. The van der Waals surface area contributed by atoms with E-state index in [9.17, 15) is 0 Å².